The molecule has 2 aliphatic rings. The standard InChI is InChI=1S/C25H23F3N6O3S2/c1-29-22(35)20-12-15(6-8-30-20)37-14-3-5-18-19(11-14)34-24(33-18)31-13-2-4-17(16(10-13)25(26,27)28)32-23(36)21-7-9-38-39-21/h2-6,8,11-13,21H,7,9-10H2,1H3,(H,29,35)(H,32,36)(H2,31,33,34). The molecule has 1 aliphatic carbocycles. The van der Waals surface area contributed by atoms with Crippen molar-refractivity contribution in [2.75, 3.05) is 18.1 Å². The Morgan fingerprint density at radius 2 is 2.00 bits per heavy atom. The summed E-state index contributed by atoms with van der Waals surface area (Å²) in [5, 5.41) is 7.61. The van der Waals surface area contributed by atoms with E-state index in [2.05, 4.69) is 30.9 Å². The highest BCUT2D eigenvalue weighted by molar-refractivity contribution is 8.77. The highest BCUT2D eigenvalue weighted by Crippen LogP contribution is 2.39. The minimum Gasteiger partial charge on any atom is -0.457 e. The Morgan fingerprint density at radius 1 is 1.18 bits per heavy atom. The number of H-pyrrole nitrogens is 1. The molecule has 0 saturated carbocycles. The Morgan fingerprint density at radius 3 is 2.74 bits per heavy atom. The van der Waals surface area contributed by atoms with E-state index in [0.717, 1.165) is 5.75 Å². The molecule has 9 nitrogen and oxygen atoms in total. The average Bonchev–Trinajstić information content (AvgIpc) is 3.58. The number of hydrogen-bond acceptors (Lipinski definition) is 8. The van der Waals surface area contributed by atoms with E-state index in [-0.39, 0.29) is 34.9 Å². The van der Waals surface area contributed by atoms with Gasteiger partial charge in [0.2, 0.25) is 11.9 Å². The number of carbonyl (C=O) groups is 2. The molecule has 1 aromatic carbocycles. The summed E-state index contributed by atoms with van der Waals surface area (Å²) in [5.41, 5.74) is 0.367. The van der Waals surface area contributed by atoms with Crippen LogP contribution in [0.15, 0.2) is 60.0 Å². The molecule has 2 atom stereocenters. The molecule has 0 radical (unpaired) electrons. The number of aromatic amines is 1. The molecule has 2 amide bonds. The van der Waals surface area contributed by atoms with Gasteiger partial charge in [-0.2, -0.15) is 13.2 Å². The van der Waals surface area contributed by atoms with E-state index in [1.165, 1.54) is 47.0 Å². The van der Waals surface area contributed by atoms with Gasteiger partial charge in [-0.05, 0) is 30.7 Å². The quantitative estimate of drug-likeness (QED) is 0.292. The molecule has 204 valence electrons. The number of alkyl halides is 3. The predicted molar refractivity (Wildman–Crippen MR) is 145 cm³/mol. The zero-order valence-corrected chi connectivity index (χ0v) is 22.1. The second-order valence-electron chi connectivity index (χ2n) is 8.71. The molecule has 2 unspecified atom stereocenters. The van der Waals surface area contributed by atoms with Gasteiger partial charge in [0.15, 0.2) is 0 Å². The van der Waals surface area contributed by atoms with E-state index >= 15 is 0 Å². The van der Waals surface area contributed by atoms with Gasteiger partial charge in [0, 0.05) is 43.2 Å². The van der Waals surface area contributed by atoms with Crippen molar-refractivity contribution in [1.29, 1.82) is 0 Å². The number of imidazole rings is 1. The molecule has 39 heavy (non-hydrogen) atoms. The lowest BCUT2D eigenvalue weighted by Gasteiger charge is -2.25. The molecular weight excluding hydrogens is 553 g/mol. The largest absolute Gasteiger partial charge is 0.457 e. The van der Waals surface area contributed by atoms with Gasteiger partial charge in [-0.3, -0.25) is 14.6 Å². The van der Waals surface area contributed by atoms with Crippen molar-refractivity contribution in [2.24, 2.45) is 0 Å². The van der Waals surface area contributed by atoms with Crippen LogP contribution < -0.4 is 20.7 Å². The number of anilines is 1. The third-order valence-electron chi connectivity index (χ3n) is 5.99. The molecule has 14 heteroatoms. The lowest BCUT2D eigenvalue weighted by Crippen LogP contribution is -2.36. The molecule has 5 rings (SSSR count). The number of carbonyl (C=O) groups excluding carboxylic acids is 2. The first-order valence-corrected chi connectivity index (χ1v) is 14.3. The summed E-state index contributed by atoms with van der Waals surface area (Å²) in [6.45, 7) is 0. The van der Waals surface area contributed by atoms with Crippen LogP contribution in [0.3, 0.4) is 0 Å². The Balaban J connectivity index is 1.28. The topological polar surface area (TPSA) is 121 Å². The summed E-state index contributed by atoms with van der Waals surface area (Å²) < 4.78 is 47.4. The molecule has 0 spiro atoms. The minimum absolute atomic E-state index is 0.205. The molecule has 3 aromatic rings. The zero-order valence-electron chi connectivity index (χ0n) is 20.5. The first-order valence-electron chi connectivity index (χ1n) is 11.9. The van der Waals surface area contributed by atoms with E-state index in [0.29, 0.717) is 29.0 Å². The number of amides is 2. The van der Waals surface area contributed by atoms with Crippen molar-refractivity contribution in [3.63, 3.8) is 0 Å². The maximum atomic E-state index is 13.9. The van der Waals surface area contributed by atoms with Crippen LogP contribution in [0, 0.1) is 0 Å². The number of aromatic nitrogens is 3. The van der Waals surface area contributed by atoms with Crippen molar-refractivity contribution in [3.05, 3.63) is 65.6 Å². The van der Waals surface area contributed by atoms with Crippen LogP contribution >= 0.6 is 21.6 Å². The van der Waals surface area contributed by atoms with Gasteiger partial charge in [-0.25, -0.2) is 4.98 Å². The van der Waals surface area contributed by atoms with E-state index in [1.807, 2.05) is 0 Å². The fourth-order valence-electron chi connectivity index (χ4n) is 4.08. The molecule has 3 heterocycles. The summed E-state index contributed by atoms with van der Waals surface area (Å²) in [6.07, 6.45) is -0.00967. The zero-order chi connectivity index (χ0) is 27.6. The van der Waals surface area contributed by atoms with Crippen molar-refractivity contribution in [2.45, 2.75) is 30.3 Å². The third kappa shape index (κ3) is 6.33. The van der Waals surface area contributed by atoms with Crippen LogP contribution in [0.2, 0.25) is 0 Å². The molecule has 1 saturated heterocycles. The van der Waals surface area contributed by atoms with E-state index in [4.69, 9.17) is 4.74 Å². The van der Waals surface area contributed by atoms with Crippen LogP contribution in [-0.4, -0.2) is 57.0 Å². The van der Waals surface area contributed by atoms with E-state index < -0.39 is 23.7 Å². The normalized spacial score (nSPS) is 19.3. The smallest absolute Gasteiger partial charge is 0.414 e. The van der Waals surface area contributed by atoms with Crippen molar-refractivity contribution < 1.29 is 27.5 Å². The number of halogens is 3. The van der Waals surface area contributed by atoms with E-state index in [9.17, 15) is 22.8 Å². The minimum atomic E-state index is -4.60. The summed E-state index contributed by atoms with van der Waals surface area (Å²) in [5.74, 6) is 1.20. The van der Waals surface area contributed by atoms with Crippen LogP contribution in [0.25, 0.3) is 11.0 Å². The van der Waals surface area contributed by atoms with Crippen molar-refractivity contribution in [3.8, 4) is 11.5 Å². The summed E-state index contributed by atoms with van der Waals surface area (Å²) >= 11 is 0. The fourth-order valence-corrected chi connectivity index (χ4v) is 6.80. The van der Waals surface area contributed by atoms with Crippen LogP contribution in [0.1, 0.15) is 23.3 Å². The lowest BCUT2D eigenvalue weighted by atomic mass is 9.97. The number of rotatable bonds is 7. The number of fused-ring (bicyclic) bond motifs is 1. The third-order valence-corrected chi connectivity index (χ3v) is 8.81. The van der Waals surface area contributed by atoms with Gasteiger partial charge in [0.25, 0.3) is 5.91 Å². The summed E-state index contributed by atoms with van der Waals surface area (Å²) in [4.78, 5) is 35.7. The van der Waals surface area contributed by atoms with Gasteiger partial charge in [0.05, 0.1) is 27.9 Å². The molecule has 1 fully saturated rings. The van der Waals surface area contributed by atoms with Gasteiger partial charge in [-0.15, -0.1) is 0 Å². The van der Waals surface area contributed by atoms with Gasteiger partial charge < -0.3 is 25.7 Å². The summed E-state index contributed by atoms with van der Waals surface area (Å²) in [6, 6.07) is 7.51. The van der Waals surface area contributed by atoms with Gasteiger partial charge in [0.1, 0.15) is 17.2 Å². The number of allylic oxidation sites excluding steroid dienone is 1. The first-order chi connectivity index (χ1) is 18.7. The Labute approximate surface area is 228 Å². The molecule has 0 bridgehead atoms. The highest BCUT2D eigenvalue weighted by Gasteiger charge is 2.39. The Hall–Kier alpha value is -3.65. The Kier molecular flexibility index (Phi) is 7.75. The van der Waals surface area contributed by atoms with Crippen molar-refractivity contribution in [1.82, 2.24) is 25.6 Å². The van der Waals surface area contributed by atoms with Crippen LogP contribution in [0.4, 0.5) is 19.1 Å². The molecule has 2 aromatic heterocycles. The van der Waals surface area contributed by atoms with Crippen LogP contribution in [-0.2, 0) is 4.79 Å². The highest BCUT2D eigenvalue weighted by atomic mass is 33.1. The predicted octanol–water partition coefficient (Wildman–Crippen LogP) is 4.94. The molecule has 1 aliphatic heterocycles. The van der Waals surface area contributed by atoms with Gasteiger partial charge in [-0.1, -0.05) is 27.7 Å². The maximum Gasteiger partial charge on any atom is 0.414 e. The lowest BCUT2D eigenvalue weighted by molar-refractivity contribution is -0.120. The summed E-state index contributed by atoms with van der Waals surface area (Å²) in [7, 11) is 4.42. The first kappa shape index (κ1) is 26.9. The number of nitrogens with zero attached hydrogens (tertiary/aromatic N) is 2. The monoisotopic (exact) mass is 576 g/mol. The number of hydrogen-bond donors (Lipinski definition) is 4. The Bertz CT molecular complexity index is 1470. The number of nitrogens with one attached hydrogen (secondary N) is 4. The van der Waals surface area contributed by atoms with E-state index in [1.54, 1.807) is 30.3 Å². The van der Waals surface area contributed by atoms with Crippen molar-refractivity contribution >= 4 is 50.4 Å². The fraction of sp³-hybridized carbons (Fsp3) is 0.280. The molecule has 4 N–H and O–H groups in total. The maximum absolute atomic E-state index is 13.9. The average molecular weight is 577 g/mol. The second-order valence-corrected chi connectivity index (χ2v) is 11.4. The second kappa shape index (κ2) is 11.2. The number of ether oxygens (including phenoxy) is 1. The SMILES string of the molecule is CNC(=O)c1cc(Oc2ccc3nc(NC4C=CC(NC(=O)C5CCSS5)=C(C(F)(F)F)C4)[nH]c3c2)ccn1. The number of benzene rings is 1. The molecular formula is C25H23F3N6O3S2. The van der Waals surface area contributed by atoms with Crippen LogP contribution in [0.5, 0.6) is 11.5 Å². The van der Waals surface area contributed by atoms with Gasteiger partial charge >= 0.3 is 6.18 Å². The number of pyridine rings is 1.